The minimum Gasteiger partial charge on any atom is -0.388 e. The summed E-state index contributed by atoms with van der Waals surface area (Å²) in [7, 11) is 0. The maximum atomic E-state index is 10.4. The smallest absolute Gasteiger partial charge is 0.0803 e. The van der Waals surface area contributed by atoms with Gasteiger partial charge in [-0.15, -0.1) is 0 Å². The minimum absolute atomic E-state index is 0.346. The first-order chi connectivity index (χ1) is 8.60. The Morgan fingerprint density at radius 2 is 2.00 bits per heavy atom. The van der Waals surface area contributed by atoms with Gasteiger partial charge in [-0.25, -0.2) is 0 Å². The van der Waals surface area contributed by atoms with Crippen LogP contribution in [0.25, 0.3) is 0 Å². The van der Waals surface area contributed by atoms with Crippen molar-refractivity contribution in [1.29, 1.82) is 0 Å². The highest BCUT2D eigenvalue weighted by atomic mass is 79.9. The van der Waals surface area contributed by atoms with Crippen molar-refractivity contribution < 1.29 is 5.11 Å². The molecule has 1 nitrogen and oxygen atoms in total. The summed E-state index contributed by atoms with van der Waals surface area (Å²) < 4.78 is 1.06. The van der Waals surface area contributed by atoms with Crippen molar-refractivity contribution >= 4 is 15.9 Å². The number of hydrogen-bond donors (Lipinski definition) is 1. The molecule has 0 bridgehead atoms. The molecule has 0 amide bonds. The molecule has 1 N–H and O–H groups in total. The van der Waals surface area contributed by atoms with E-state index in [1.165, 1.54) is 24.8 Å². The van der Waals surface area contributed by atoms with E-state index in [0.717, 1.165) is 22.9 Å². The monoisotopic (exact) mass is 312 g/mol. The van der Waals surface area contributed by atoms with Crippen LogP contribution in [0.3, 0.4) is 0 Å². The summed E-state index contributed by atoms with van der Waals surface area (Å²) in [5.41, 5.74) is 2.22. The number of halogens is 1. The molecule has 102 valence electrons. The molecule has 0 aliphatic carbocycles. The van der Waals surface area contributed by atoms with Crippen molar-refractivity contribution in [2.24, 2.45) is 5.92 Å². The SMILES string of the molecule is CCCCC(CC)CC(O)c1cccc(C)c1Br. The fourth-order valence-corrected chi connectivity index (χ4v) is 2.88. The quantitative estimate of drug-likeness (QED) is 0.715. The van der Waals surface area contributed by atoms with Gasteiger partial charge in [-0.2, -0.15) is 0 Å². The summed E-state index contributed by atoms with van der Waals surface area (Å²) in [5.74, 6) is 0.632. The summed E-state index contributed by atoms with van der Waals surface area (Å²) in [4.78, 5) is 0. The highest BCUT2D eigenvalue weighted by Crippen LogP contribution is 2.32. The largest absolute Gasteiger partial charge is 0.388 e. The van der Waals surface area contributed by atoms with E-state index in [0.29, 0.717) is 5.92 Å². The van der Waals surface area contributed by atoms with Crippen LogP contribution in [-0.2, 0) is 0 Å². The van der Waals surface area contributed by atoms with Crippen LogP contribution in [0.1, 0.15) is 63.2 Å². The van der Waals surface area contributed by atoms with Gasteiger partial charge in [0.2, 0.25) is 0 Å². The van der Waals surface area contributed by atoms with Gasteiger partial charge in [-0.3, -0.25) is 0 Å². The zero-order valence-electron chi connectivity index (χ0n) is 11.7. The molecule has 0 radical (unpaired) electrons. The molecule has 0 saturated carbocycles. The minimum atomic E-state index is -0.346. The van der Waals surface area contributed by atoms with E-state index < -0.39 is 0 Å². The molecule has 1 aromatic carbocycles. The number of aliphatic hydroxyl groups excluding tert-OH is 1. The second kappa shape index (κ2) is 7.96. The van der Waals surface area contributed by atoms with Crippen LogP contribution in [0, 0.1) is 12.8 Å². The zero-order valence-corrected chi connectivity index (χ0v) is 13.3. The normalized spacial score (nSPS) is 14.5. The molecular formula is C16H25BrO. The van der Waals surface area contributed by atoms with Crippen LogP contribution in [0.5, 0.6) is 0 Å². The van der Waals surface area contributed by atoms with Crippen LogP contribution < -0.4 is 0 Å². The Balaban J connectivity index is 2.68. The van der Waals surface area contributed by atoms with E-state index in [2.05, 4.69) is 42.8 Å². The average Bonchev–Trinajstić information content (AvgIpc) is 2.37. The number of aliphatic hydroxyl groups is 1. The van der Waals surface area contributed by atoms with Gasteiger partial charge >= 0.3 is 0 Å². The molecule has 18 heavy (non-hydrogen) atoms. The maximum Gasteiger partial charge on any atom is 0.0803 e. The van der Waals surface area contributed by atoms with Gasteiger partial charge in [0, 0.05) is 4.47 Å². The molecule has 0 aliphatic heterocycles. The predicted octanol–water partition coefficient (Wildman–Crippen LogP) is 5.40. The first kappa shape index (κ1) is 15.7. The molecule has 1 rings (SSSR count). The first-order valence-corrected chi connectivity index (χ1v) is 7.82. The maximum absolute atomic E-state index is 10.4. The van der Waals surface area contributed by atoms with E-state index in [-0.39, 0.29) is 6.10 Å². The lowest BCUT2D eigenvalue weighted by Crippen LogP contribution is -2.08. The molecule has 2 unspecified atom stereocenters. The van der Waals surface area contributed by atoms with Crippen LogP contribution in [0.4, 0.5) is 0 Å². The highest BCUT2D eigenvalue weighted by molar-refractivity contribution is 9.10. The summed E-state index contributed by atoms with van der Waals surface area (Å²) in [5, 5.41) is 10.4. The number of benzene rings is 1. The van der Waals surface area contributed by atoms with Gasteiger partial charge < -0.3 is 5.11 Å². The van der Waals surface area contributed by atoms with E-state index in [9.17, 15) is 5.11 Å². The van der Waals surface area contributed by atoms with Gasteiger partial charge in [0.05, 0.1) is 6.10 Å². The molecular weight excluding hydrogens is 288 g/mol. The van der Waals surface area contributed by atoms with E-state index in [1.54, 1.807) is 0 Å². The first-order valence-electron chi connectivity index (χ1n) is 7.03. The number of rotatable bonds is 7. The summed E-state index contributed by atoms with van der Waals surface area (Å²) >= 11 is 3.59. The predicted molar refractivity (Wildman–Crippen MR) is 81.8 cm³/mol. The molecule has 2 heteroatoms. The molecule has 1 aromatic rings. The third kappa shape index (κ3) is 4.40. The Hall–Kier alpha value is -0.340. The average molecular weight is 313 g/mol. The van der Waals surface area contributed by atoms with Crippen molar-refractivity contribution in [2.45, 2.75) is 59.0 Å². The van der Waals surface area contributed by atoms with Gasteiger partial charge in [0.1, 0.15) is 0 Å². The third-order valence-corrected chi connectivity index (χ3v) is 4.76. The Bertz CT molecular complexity index is 362. The Morgan fingerprint density at radius 1 is 1.28 bits per heavy atom. The van der Waals surface area contributed by atoms with Crippen molar-refractivity contribution in [3.8, 4) is 0 Å². The fraction of sp³-hybridized carbons (Fsp3) is 0.625. The Labute approximate surface area is 120 Å². The molecule has 0 spiro atoms. The van der Waals surface area contributed by atoms with Crippen LogP contribution in [0.15, 0.2) is 22.7 Å². The van der Waals surface area contributed by atoms with Gasteiger partial charge in [0.25, 0.3) is 0 Å². The van der Waals surface area contributed by atoms with Gasteiger partial charge in [-0.05, 0) is 30.4 Å². The molecule has 2 atom stereocenters. The number of aryl methyl sites for hydroxylation is 1. The van der Waals surface area contributed by atoms with E-state index in [4.69, 9.17) is 0 Å². The molecule has 0 heterocycles. The van der Waals surface area contributed by atoms with Gasteiger partial charge in [-0.1, -0.05) is 73.7 Å². The zero-order chi connectivity index (χ0) is 13.5. The van der Waals surface area contributed by atoms with Crippen molar-refractivity contribution in [3.05, 3.63) is 33.8 Å². The second-order valence-corrected chi connectivity index (χ2v) is 5.94. The summed E-state index contributed by atoms with van der Waals surface area (Å²) in [6.45, 7) is 6.51. The highest BCUT2D eigenvalue weighted by Gasteiger charge is 2.17. The van der Waals surface area contributed by atoms with E-state index >= 15 is 0 Å². The molecule has 0 fully saturated rings. The summed E-state index contributed by atoms with van der Waals surface area (Å²) in [6, 6.07) is 6.11. The van der Waals surface area contributed by atoms with Crippen LogP contribution >= 0.6 is 15.9 Å². The van der Waals surface area contributed by atoms with Crippen LogP contribution in [-0.4, -0.2) is 5.11 Å². The standard InChI is InChI=1S/C16H25BrO/c1-4-6-9-13(5-2)11-15(18)14-10-7-8-12(3)16(14)17/h7-8,10,13,15,18H,4-6,9,11H2,1-3H3. The Kier molecular flexibility index (Phi) is 6.95. The summed E-state index contributed by atoms with van der Waals surface area (Å²) in [6.07, 6.45) is 5.41. The third-order valence-electron chi connectivity index (χ3n) is 3.68. The van der Waals surface area contributed by atoms with Gasteiger partial charge in [0.15, 0.2) is 0 Å². The van der Waals surface area contributed by atoms with Crippen LogP contribution in [0.2, 0.25) is 0 Å². The molecule has 0 aromatic heterocycles. The molecule has 0 aliphatic rings. The molecule has 0 saturated heterocycles. The number of hydrogen-bond acceptors (Lipinski definition) is 1. The van der Waals surface area contributed by atoms with Crippen molar-refractivity contribution in [2.75, 3.05) is 0 Å². The lowest BCUT2D eigenvalue weighted by atomic mass is 9.90. The number of unbranched alkanes of at least 4 members (excludes halogenated alkanes) is 1. The second-order valence-electron chi connectivity index (χ2n) is 5.15. The van der Waals surface area contributed by atoms with Crippen molar-refractivity contribution in [1.82, 2.24) is 0 Å². The fourth-order valence-electron chi connectivity index (χ4n) is 2.35. The van der Waals surface area contributed by atoms with E-state index in [1.807, 2.05) is 12.1 Å². The Morgan fingerprint density at radius 3 is 2.61 bits per heavy atom. The van der Waals surface area contributed by atoms with Crippen molar-refractivity contribution in [3.63, 3.8) is 0 Å². The topological polar surface area (TPSA) is 20.2 Å². The lowest BCUT2D eigenvalue weighted by Gasteiger charge is -2.20. The lowest BCUT2D eigenvalue weighted by molar-refractivity contribution is 0.138.